The van der Waals surface area contributed by atoms with Crippen molar-refractivity contribution in [3.05, 3.63) is 24.3 Å². The van der Waals surface area contributed by atoms with Crippen LogP contribution in [0.1, 0.15) is 6.42 Å². The first-order valence-corrected chi connectivity index (χ1v) is 4.41. The Morgan fingerprint density at radius 2 is 1.82 bits per heavy atom. The number of hydrogen-bond donors (Lipinski definition) is 1. The molecule has 0 aliphatic heterocycles. The zero-order valence-electron chi connectivity index (χ0n) is 6.35. The molecule has 0 spiro atoms. The van der Waals surface area contributed by atoms with Gasteiger partial charge in [-0.15, -0.1) is 0 Å². The first kappa shape index (κ1) is 6.01. The van der Waals surface area contributed by atoms with Gasteiger partial charge in [-0.05, 0) is 24.2 Å². The summed E-state index contributed by atoms with van der Waals surface area (Å²) in [6.45, 7) is 0. The molecule has 58 valence electrons. The van der Waals surface area contributed by atoms with Gasteiger partial charge < -0.3 is 5.11 Å². The van der Waals surface area contributed by atoms with Crippen LogP contribution in [0.2, 0.25) is 0 Å². The van der Waals surface area contributed by atoms with Crippen LogP contribution in [0, 0.1) is 23.7 Å². The first-order chi connectivity index (χ1) is 5.36. The number of rotatable bonds is 0. The van der Waals surface area contributed by atoms with Gasteiger partial charge in [-0.1, -0.05) is 24.3 Å². The van der Waals surface area contributed by atoms with E-state index in [4.69, 9.17) is 0 Å². The molecule has 0 aromatic carbocycles. The molecule has 0 aromatic heterocycles. The van der Waals surface area contributed by atoms with E-state index < -0.39 is 0 Å². The molecule has 0 radical (unpaired) electrons. The average molecular weight is 148 g/mol. The Balaban J connectivity index is 2.02. The maximum Gasteiger partial charge on any atom is 0.0760 e. The van der Waals surface area contributed by atoms with Gasteiger partial charge in [0.15, 0.2) is 0 Å². The largest absolute Gasteiger partial charge is 0.389 e. The second-order valence-corrected chi connectivity index (χ2v) is 3.98. The lowest BCUT2D eigenvalue weighted by atomic mass is 9.84. The minimum absolute atomic E-state index is 0.153. The summed E-state index contributed by atoms with van der Waals surface area (Å²) in [6, 6.07) is 0. The fourth-order valence-electron chi connectivity index (χ4n) is 3.02. The van der Waals surface area contributed by atoms with E-state index in [0.29, 0.717) is 17.8 Å². The van der Waals surface area contributed by atoms with Crippen molar-refractivity contribution in [3.63, 3.8) is 0 Å². The zero-order chi connectivity index (χ0) is 7.42. The molecule has 3 rings (SSSR count). The van der Waals surface area contributed by atoms with Crippen LogP contribution < -0.4 is 0 Å². The monoisotopic (exact) mass is 148 g/mol. The summed E-state index contributed by atoms with van der Waals surface area (Å²) >= 11 is 0. The highest BCUT2D eigenvalue weighted by molar-refractivity contribution is 5.24. The van der Waals surface area contributed by atoms with Gasteiger partial charge in [0.1, 0.15) is 0 Å². The predicted octanol–water partition coefficient (Wildman–Crippen LogP) is 1.36. The molecule has 11 heavy (non-hydrogen) atoms. The third kappa shape index (κ3) is 0.603. The highest BCUT2D eigenvalue weighted by Crippen LogP contribution is 2.52. The highest BCUT2D eigenvalue weighted by atomic mass is 16.3. The van der Waals surface area contributed by atoms with Crippen LogP contribution in [0.25, 0.3) is 0 Å². The summed E-state index contributed by atoms with van der Waals surface area (Å²) in [5, 5.41) is 9.60. The lowest BCUT2D eigenvalue weighted by Gasteiger charge is -2.22. The smallest absolute Gasteiger partial charge is 0.0760 e. The molecule has 1 N–H and O–H groups in total. The maximum atomic E-state index is 9.60. The van der Waals surface area contributed by atoms with Crippen LogP contribution in [0.5, 0.6) is 0 Å². The summed E-state index contributed by atoms with van der Waals surface area (Å²) in [5.41, 5.74) is 0. The summed E-state index contributed by atoms with van der Waals surface area (Å²) in [7, 11) is 0. The normalized spacial score (nSPS) is 57.4. The molecule has 1 fully saturated rings. The third-order valence-electron chi connectivity index (χ3n) is 3.51. The van der Waals surface area contributed by atoms with Gasteiger partial charge >= 0.3 is 0 Å². The molecular weight excluding hydrogens is 136 g/mol. The van der Waals surface area contributed by atoms with E-state index in [0.717, 1.165) is 5.92 Å². The van der Waals surface area contributed by atoms with Crippen LogP contribution in [-0.2, 0) is 0 Å². The Morgan fingerprint density at radius 3 is 2.64 bits per heavy atom. The third-order valence-corrected chi connectivity index (χ3v) is 3.51. The van der Waals surface area contributed by atoms with E-state index in [2.05, 4.69) is 18.2 Å². The number of hydrogen-bond acceptors (Lipinski definition) is 1. The Labute approximate surface area is 66.4 Å². The van der Waals surface area contributed by atoms with Crippen LogP contribution in [0.15, 0.2) is 24.3 Å². The Kier molecular flexibility index (Phi) is 0.972. The van der Waals surface area contributed by atoms with E-state index in [1.54, 1.807) is 0 Å². The lowest BCUT2D eigenvalue weighted by Crippen LogP contribution is -2.23. The van der Waals surface area contributed by atoms with Crippen LogP contribution in [-0.4, -0.2) is 11.2 Å². The van der Waals surface area contributed by atoms with Crippen molar-refractivity contribution in [1.82, 2.24) is 0 Å². The van der Waals surface area contributed by atoms with Gasteiger partial charge in [-0.2, -0.15) is 0 Å². The Hall–Kier alpha value is -0.560. The lowest BCUT2D eigenvalue weighted by molar-refractivity contribution is 0.132. The molecule has 1 nitrogen and oxygen atoms in total. The van der Waals surface area contributed by atoms with E-state index in [1.807, 2.05) is 6.08 Å². The molecule has 0 amide bonds. The van der Waals surface area contributed by atoms with Crippen LogP contribution in [0.3, 0.4) is 0 Å². The fraction of sp³-hybridized carbons (Fsp3) is 0.600. The van der Waals surface area contributed by atoms with Crippen molar-refractivity contribution in [3.8, 4) is 0 Å². The quantitative estimate of drug-likeness (QED) is 0.514. The molecule has 5 atom stereocenters. The van der Waals surface area contributed by atoms with Gasteiger partial charge in [-0.25, -0.2) is 0 Å². The van der Waals surface area contributed by atoms with E-state index in [1.165, 1.54) is 6.42 Å². The standard InChI is InChI=1S/C10H12O/c11-9-4-3-8-6-1-2-7(5-6)10(8)9/h1-4,6-11H,5H2/t6-,7-,8+,9+,10+/m1/s1. The molecule has 3 aliphatic carbocycles. The predicted molar refractivity (Wildman–Crippen MR) is 42.9 cm³/mol. The Bertz CT molecular complexity index is 241. The minimum atomic E-state index is -0.153. The highest BCUT2D eigenvalue weighted by Gasteiger charge is 2.48. The van der Waals surface area contributed by atoms with E-state index in [-0.39, 0.29) is 6.10 Å². The van der Waals surface area contributed by atoms with Crippen molar-refractivity contribution in [2.45, 2.75) is 12.5 Å². The minimum Gasteiger partial charge on any atom is -0.389 e. The van der Waals surface area contributed by atoms with Gasteiger partial charge in [-0.3, -0.25) is 0 Å². The topological polar surface area (TPSA) is 20.2 Å². The van der Waals surface area contributed by atoms with Gasteiger partial charge in [0.25, 0.3) is 0 Å². The number of fused-ring (bicyclic) bond motifs is 5. The maximum absolute atomic E-state index is 9.60. The summed E-state index contributed by atoms with van der Waals surface area (Å²) in [6.07, 6.45) is 9.94. The Morgan fingerprint density at radius 1 is 1.00 bits per heavy atom. The van der Waals surface area contributed by atoms with E-state index >= 15 is 0 Å². The van der Waals surface area contributed by atoms with Crippen molar-refractivity contribution in [2.24, 2.45) is 23.7 Å². The zero-order valence-corrected chi connectivity index (χ0v) is 6.35. The molecule has 1 heteroatoms. The molecule has 0 unspecified atom stereocenters. The molecule has 2 bridgehead atoms. The van der Waals surface area contributed by atoms with Gasteiger partial charge in [0.2, 0.25) is 0 Å². The number of allylic oxidation sites excluding steroid dienone is 3. The molecule has 0 aromatic rings. The van der Waals surface area contributed by atoms with Crippen molar-refractivity contribution in [1.29, 1.82) is 0 Å². The number of aliphatic hydroxyl groups is 1. The average Bonchev–Trinajstić information content (AvgIpc) is 2.60. The van der Waals surface area contributed by atoms with Crippen LogP contribution in [0.4, 0.5) is 0 Å². The second-order valence-electron chi connectivity index (χ2n) is 3.98. The van der Waals surface area contributed by atoms with Crippen LogP contribution >= 0.6 is 0 Å². The molecular formula is C10H12O. The molecule has 3 aliphatic rings. The second kappa shape index (κ2) is 1.78. The summed E-state index contributed by atoms with van der Waals surface area (Å²) in [4.78, 5) is 0. The molecule has 0 heterocycles. The molecule has 0 saturated heterocycles. The SMILES string of the molecule is O[C@H]1C=C[C@@H]2[C@@H]1[C@@H]1C=C[C@@H]2C1. The first-order valence-electron chi connectivity index (χ1n) is 4.41. The summed E-state index contributed by atoms with van der Waals surface area (Å²) in [5.74, 6) is 2.62. The van der Waals surface area contributed by atoms with Gasteiger partial charge in [0.05, 0.1) is 6.10 Å². The van der Waals surface area contributed by atoms with Crippen molar-refractivity contribution >= 4 is 0 Å². The van der Waals surface area contributed by atoms with Gasteiger partial charge in [0, 0.05) is 5.92 Å². The number of aliphatic hydroxyl groups excluding tert-OH is 1. The van der Waals surface area contributed by atoms with Crippen molar-refractivity contribution < 1.29 is 5.11 Å². The van der Waals surface area contributed by atoms with Crippen molar-refractivity contribution in [2.75, 3.05) is 0 Å². The fourth-order valence-corrected chi connectivity index (χ4v) is 3.02. The van der Waals surface area contributed by atoms with E-state index in [9.17, 15) is 5.11 Å². The molecule has 1 saturated carbocycles. The summed E-state index contributed by atoms with van der Waals surface area (Å²) < 4.78 is 0.